The van der Waals surface area contributed by atoms with Crippen LogP contribution < -0.4 is 5.32 Å². The van der Waals surface area contributed by atoms with Gasteiger partial charge < -0.3 is 19.5 Å². The van der Waals surface area contributed by atoms with E-state index in [0.29, 0.717) is 31.6 Å². The van der Waals surface area contributed by atoms with Crippen molar-refractivity contribution in [2.75, 3.05) is 13.1 Å². The molecule has 0 saturated carbocycles. The third kappa shape index (κ3) is 5.13. The minimum absolute atomic E-state index is 0.0816. The van der Waals surface area contributed by atoms with Crippen LogP contribution in [0.2, 0.25) is 0 Å². The van der Waals surface area contributed by atoms with Gasteiger partial charge in [0.15, 0.2) is 0 Å². The molecule has 0 bridgehead atoms. The van der Waals surface area contributed by atoms with Gasteiger partial charge in [-0.25, -0.2) is 9.78 Å². The highest BCUT2D eigenvalue weighted by atomic mass is 16.6. The highest BCUT2D eigenvalue weighted by Gasteiger charge is 2.27. The van der Waals surface area contributed by atoms with Gasteiger partial charge in [0.1, 0.15) is 11.3 Å². The van der Waals surface area contributed by atoms with Crippen molar-refractivity contribution < 1.29 is 19.2 Å². The topological polar surface area (TPSA) is 120 Å². The second-order valence-electron chi connectivity index (χ2n) is 8.14. The van der Waals surface area contributed by atoms with Crippen molar-refractivity contribution in [3.8, 4) is 5.69 Å². The summed E-state index contributed by atoms with van der Waals surface area (Å²) in [5.74, 6) is -0.272. The molecule has 0 atom stereocenters. The third-order valence-corrected chi connectivity index (χ3v) is 4.70. The lowest BCUT2D eigenvalue weighted by atomic mass is 10.0. The molecule has 30 heavy (non-hydrogen) atoms. The lowest BCUT2D eigenvalue weighted by Crippen LogP contribution is -2.47. The fraction of sp³-hybridized carbons (Fsp3) is 0.450. The molecule has 2 heterocycles. The molecule has 1 aromatic carbocycles. The van der Waals surface area contributed by atoms with Gasteiger partial charge in [0.05, 0.1) is 11.3 Å². The Kier molecular flexibility index (Phi) is 6.04. The molecule has 1 aromatic heterocycles. The standard InChI is InChI=1S/C20H25N5O5/c1-20(2,3)30-19(27)22-15-6-9-23(10-7-15)18(26)14-4-5-16(17(12-14)25(28)29)24-11-8-21-13-24/h4-5,8,11-13,15H,6-7,9-10H2,1-3H3,(H,22,27). The summed E-state index contributed by atoms with van der Waals surface area (Å²) < 4.78 is 6.79. The lowest BCUT2D eigenvalue weighted by Gasteiger charge is -2.33. The first kappa shape index (κ1) is 21.3. The molecule has 2 aromatic rings. The number of nitrogens with one attached hydrogen (secondary N) is 1. The number of nitrogens with zero attached hydrogens (tertiary/aromatic N) is 4. The van der Waals surface area contributed by atoms with E-state index in [0.717, 1.165) is 0 Å². The van der Waals surface area contributed by atoms with Gasteiger partial charge in [-0.05, 0) is 45.7 Å². The number of amides is 2. The van der Waals surface area contributed by atoms with Gasteiger partial charge in [0.2, 0.25) is 0 Å². The number of carbonyl (C=O) groups excluding carboxylic acids is 2. The van der Waals surface area contributed by atoms with Crippen LogP contribution in [0.25, 0.3) is 5.69 Å². The minimum Gasteiger partial charge on any atom is -0.444 e. The molecule has 1 fully saturated rings. The van der Waals surface area contributed by atoms with E-state index in [1.807, 2.05) is 0 Å². The number of aromatic nitrogens is 2. The first-order valence-electron chi connectivity index (χ1n) is 9.69. The SMILES string of the molecule is CC(C)(C)OC(=O)NC1CCN(C(=O)c2ccc(-n3ccnc3)c([N+](=O)[O-])c2)CC1. The molecule has 1 aliphatic heterocycles. The van der Waals surface area contributed by atoms with Crippen LogP contribution in [0.15, 0.2) is 36.9 Å². The Bertz CT molecular complexity index is 928. The maximum Gasteiger partial charge on any atom is 0.407 e. The van der Waals surface area contributed by atoms with Gasteiger partial charge in [0, 0.05) is 43.2 Å². The predicted molar refractivity (Wildman–Crippen MR) is 109 cm³/mol. The van der Waals surface area contributed by atoms with Crippen LogP contribution in [0.5, 0.6) is 0 Å². The van der Waals surface area contributed by atoms with Crippen LogP contribution in [-0.4, -0.2) is 56.1 Å². The molecule has 1 saturated heterocycles. The van der Waals surface area contributed by atoms with E-state index in [4.69, 9.17) is 4.74 Å². The number of alkyl carbamates (subject to hydrolysis) is 1. The summed E-state index contributed by atoms with van der Waals surface area (Å²) in [7, 11) is 0. The Balaban J connectivity index is 1.65. The molecular weight excluding hydrogens is 390 g/mol. The monoisotopic (exact) mass is 415 g/mol. The Hall–Kier alpha value is -3.43. The summed E-state index contributed by atoms with van der Waals surface area (Å²) in [5.41, 5.74) is -0.142. The quantitative estimate of drug-likeness (QED) is 0.606. The fourth-order valence-corrected chi connectivity index (χ4v) is 3.31. The minimum atomic E-state index is -0.571. The summed E-state index contributed by atoms with van der Waals surface area (Å²) in [6, 6.07) is 4.34. The number of likely N-dealkylation sites (tertiary alicyclic amines) is 1. The van der Waals surface area contributed by atoms with Crippen molar-refractivity contribution in [3.05, 3.63) is 52.6 Å². The summed E-state index contributed by atoms with van der Waals surface area (Å²) in [5, 5.41) is 14.3. The van der Waals surface area contributed by atoms with E-state index < -0.39 is 16.6 Å². The fourth-order valence-electron chi connectivity index (χ4n) is 3.31. The molecule has 10 nitrogen and oxygen atoms in total. The predicted octanol–water partition coefficient (Wildman–Crippen LogP) is 2.91. The van der Waals surface area contributed by atoms with E-state index in [-0.39, 0.29) is 23.2 Å². The zero-order valence-electron chi connectivity index (χ0n) is 17.2. The van der Waals surface area contributed by atoms with Crippen molar-refractivity contribution in [1.82, 2.24) is 19.8 Å². The van der Waals surface area contributed by atoms with Crippen molar-refractivity contribution in [3.63, 3.8) is 0 Å². The Labute approximate surface area is 174 Å². The Morgan fingerprint density at radius 1 is 1.27 bits per heavy atom. The average Bonchev–Trinajstić information content (AvgIpc) is 3.20. The van der Waals surface area contributed by atoms with E-state index >= 15 is 0 Å². The molecule has 1 aliphatic rings. The molecule has 0 unspecified atom stereocenters. The molecule has 160 valence electrons. The molecule has 0 spiro atoms. The van der Waals surface area contributed by atoms with E-state index in [1.165, 1.54) is 23.2 Å². The number of rotatable bonds is 4. The number of carbonyl (C=O) groups is 2. The summed E-state index contributed by atoms with van der Waals surface area (Å²) in [4.78, 5) is 41.3. The number of imidazole rings is 1. The number of nitro benzene ring substituents is 1. The number of nitro groups is 1. The van der Waals surface area contributed by atoms with Gasteiger partial charge in [-0.1, -0.05) is 0 Å². The number of hydrogen-bond acceptors (Lipinski definition) is 6. The van der Waals surface area contributed by atoms with Crippen molar-refractivity contribution >= 4 is 17.7 Å². The van der Waals surface area contributed by atoms with Crippen LogP contribution >= 0.6 is 0 Å². The first-order valence-corrected chi connectivity index (χ1v) is 9.69. The van der Waals surface area contributed by atoms with Gasteiger partial charge in [-0.2, -0.15) is 0 Å². The van der Waals surface area contributed by atoms with Crippen molar-refractivity contribution in [1.29, 1.82) is 0 Å². The van der Waals surface area contributed by atoms with Crippen LogP contribution in [-0.2, 0) is 4.74 Å². The first-order chi connectivity index (χ1) is 14.1. The van der Waals surface area contributed by atoms with Crippen LogP contribution in [0, 0.1) is 10.1 Å². The molecule has 3 rings (SSSR count). The van der Waals surface area contributed by atoms with Crippen molar-refractivity contribution in [2.45, 2.75) is 45.3 Å². The normalized spacial score (nSPS) is 15.0. The number of benzene rings is 1. The second kappa shape index (κ2) is 8.52. The highest BCUT2D eigenvalue weighted by Crippen LogP contribution is 2.25. The smallest absolute Gasteiger partial charge is 0.407 e. The summed E-state index contributed by atoms with van der Waals surface area (Å²) in [6.07, 6.45) is 5.29. The maximum absolute atomic E-state index is 12.9. The van der Waals surface area contributed by atoms with Crippen LogP contribution in [0.1, 0.15) is 44.0 Å². The maximum atomic E-state index is 12.9. The summed E-state index contributed by atoms with van der Waals surface area (Å²) >= 11 is 0. The van der Waals surface area contributed by atoms with E-state index in [2.05, 4.69) is 10.3 Å². The number of piperidine rings is 1. The molecule has 2 amide bonds. The van der Waals surface area contributed by atoms with Crippen LogP contribution in [0.3, 0.4) is 0 Å². The van der Waals surface area contributed by atoms with E-state index in [9.17, 15) is 19.7 Å². The Morgan fingerprint density at radius 2 is 1.97 bits per heavy atom. The number of ether oxygens (including phenoxy) is 1. The molecular formula is C20H25N5O5. The summed E-state index contributed by atoms with van der Waals surface area (Å²) in [6.45, 7) is 6.27. The zero-order valence-corrected chi connectivity index (χ0v) is 17.2. The lowest BCUT2D eigenvalue weighted by molar-refractivity contribution is -0.384. The highest BCUT2D eigenvalue weighted by molar-refractivity contribution is 5.95. The average molecular weight is 415 g/mol. The second-order valence-corrected chi connectivity index (χ2v) is 8.14. The van der Waals surface area contributed by atoms with Gasteiger partial charge in [0.25, 0.3) is 11.6 Å². The molecule has 10 heteroatoms. The molecule has 0 aliphatic carbocycles. The largest absolute Gasteiger partial charge is 0.444 e. The van der Waals surface area contributed by atoms with E-state index in [1.54, 1.807) is 44.0 Å². The molecule has 0 radical (unpaired) electrons. The van der Waals surface area contributed by atoms with Gasteiger partial charge >= 0.3 is 6.09 Å². The molecule has 1 N–H and O–H groups in total. The van der Waals surface area contributed by atoms with Gasteiger partial charge in [-0.3, -0.25) is 14.9 Å². The third-order valence-electron chi connectivity index (χ3n) is 4.70. The zero-order chi connectivity index (χ0) is 21.9. The van der Waals surface area contributed by atoms with Crippen molar-refractivity contribution in [2.24, 2.45) is 0 Å². The Morgan fingerprint density at radius 3 is 2.53 bits per heavy atom. The van der Waals surface area contributed by atoms with Crippen LogP contribution in [0.4, 0.5) is 10.5 Å². The number of hydrogen-bond donors (Lipinski definition) is 1. The van der Waals surface area contributed by atoms with Gasteiger partial charge in [-0.15, -0.1) is 0 Å².